The summed E-state index contributed by atoms with van der Waals surface area (Å²) in [6.07, 6.45) is 6.95. The molecule has 1 aliphatic rings. The lowest BCUT2D eigenvalue weighted by Gasteiger charge is -2.35. The fourth-order valence-electron chi connectivity index (χ4n) is 3.09. The lowest BCUT2D eigenvalue weighted by molar-refractivity contribution is -0.121. The number of nitrogens with zero attached hydrogens (tertiary/aromatic N) is 4. The third kappa shape index (κ3) is 4.47. The minimum atomic E-state index is -0.263. The van der Waals surface area contributed by atoms with Crippen LogP contribution in [-0.4, -0.2) is 52.0 Å². The van der Waals surface area contributed by atoms with Gasteiger partial charge in [0.15, 0.2) is 0 Å². The number of carbonyl (C=O) groups excluding carboxylic acids is 1. The summed E-state index contributed by atoms with van der Waals surface area (Å²) in [4.78, 5) is 27.5. The summed E-state index contributed by atoms with van der Waals surface area (Å²) in [5.41, 5.74) is 0.933. The van der Waals surface area contributed by atoms with Gasteiger partial charge in [-0.25, -0.2) is 9.97 Å². The first-order chi connectivity index (χ1) is 12.6. The van der Waals surface area contributed by atoms with Gasteiger partial charge in [-0.15, -0.1) is 0 Å². The van der Waals surface area contributed by atoms with Crippen LogP contribution in [0.1, 0.15) is 31.4 Å². The zero-order valence-electron chi connectivity index (χ0n) is 14.9. The van der Waals surface area contributed by atoms with Gasteiger partial charge in [0.1, 0.15) is 5.82 Å². The Morgan fingerprint density at radius 1 is 1.31 bits per heavy atom. The van der Waals surface area contributed by atoms with Crippen LogP contribution in [0.2, 0.25) is 5.02 Å². The van der Waals surface area contributed by atoms with Crippen LogP contribution < -0.4 is 10.1 Å². The van der Waals surface area contributed by atoms with E-state index in [0.717, 1.165) is 31.6 Å². The second-order valence-electron chi connectivity index (χ2n) is 6.34. The predicted octanol–water partition coefficient (Wildman–Crippen LogP) is 2.74. The van der Waals surface area contributed by atoms with Gasteiger partial charge >= 0.3 is 0 Å². The zero-order valence-corrected chi connectivity index (χ0v) is 15.6. The molecule has 0 bridgehead atoms. The molecule has 7 nitrogen and oxygen atoms in total. The summed E-state index contributed by atoms with van der Waals surface area (Å²) in [5.74, 6) is 1.18. The van der Waals surface area contributed by atoms with Crippen LogP contribution in [0.3, 0.4) is 0 Å². The number of anilines is 1. The molecule has 2 atom stereocenters. The molecule has 1 saturated heterocycles. The topological polar surface area (TPSA) is 80.2 Å². The first-order valence-electron chi connectivity index (χ1n) is 8.59. The minimum absolute atomic E-state index is 0.0821. The van der Waals surface area contributed by atoms with Crippen LogP contribution in [0.15, 0.2) is 30.7 Å². The van der Waals surface area contributed by atoms with Crippen molar-refractivity contribution < 1.29 is 9.53 Å². The van der Waals surface area contributed by atoms with Gasteiger partial charge in [0.05, 0.1) is 36.3 Å². The number of aromatic nitrogens is 3. The molecular formula is C18H22ClN5O2. The molecule has 3 rings (SSSR count). The van der Waals surface area contributed by atoms with E-state index in [1.807, 2.05) is 6.92 Å². The van der Waals surface area contributed by atoms with E-state index in [-0.39, 0.29) is 17.9 Å². The number of methoxy groups -OCH3 is 1. The molecule has 0 radical (unpaired) electrons. The Hall–Kier alpha value is -2.25. The number of hydrogen-bond acceptors (Lipinski definition) is 6. The molecule has 1 N–H and O–H groups in total. The van der Waals surface area contributed by atoms with Crippen molar-refractivity contribution in [3.63, 3.8) is 0 Å². The molecule has 3 heterocycles. The molecule has 0 aromatic carbocycles. The number of halogens is 1. The molecule has 1 fully saturated rings. The number of rotatable bonds is 5. The molecule has 26 heavy (non-hydrogen) atoms. The van der Waals surface area contributed by atoms with Crippen LogP contribution >= 0.6 is 11.6 Å². The summed E-state index contributed by atoms with van der Waals surface area (Å²) in [7, 11) is 1.57. The Bertz CT molecular complexity index is 738. The molecule has 2 aromatic heterocycles. The number of pyridine rings is 1. The van der Waals surface area contributed by atoms with Crippen molar-refractivity contribution in [2.24, 2.45) is 0 Å². The average molecular weight is 376 g/mol. The molecule has 1 aliphatic heterocycles. The second-order valence-corrected chi connectivity index (χ2v) is 6.78. The van der Waals surface area contributed by atoms with E-state index in [1.165, 1.54) is 6.20 Å². The van der Waals surface area contributed by atoms with Crippen LogP contribution in [0.5, 0.6) is 5.88 Å². The number of piperidine rings is 1. The quantitative estimate of drug-likeness (QED) is 0.865. The van der Waals surface area contributed by atoms with Crippen molar-refractivity contribution >= 4 is 23.3 Å². The summed E-state index contributed by atoms with van der Waals surface area (Å²) in [5, 5.41) is 3.38. The maximum atomic E-state index is 12.6. The first-order valence-corrected chi connectivity index (χ1v) is 8.97. The Morgan fingerprint density at radius 2 is 2.15 bits per heavy atom. The van der Waals surface area contributed by atoms with E-state index in [2.05, 4.69) is 25.2 Å². The fourth-order valence-corrected chi connectivity index (χ4v) is 3.20. The van der Waals surface area contributed by atoms with E-state index in [4.69, 9.17) is 16.3 Å². The van der Waals surface area contributed by atoms with Crippen LogP contribution in [-0.2, 0) is 4.79 Å². The van der Waals surface area contributed by atoms with Gasteiger partial charge in [-0.05, 0) is 38.4 Å². The van der Waals surface area contributed by atoms with Crippen LogP contribution in [0.25, 0.3) is 0 Å². The zero-order chi connectivity index (χ0) is 18.5. The van der Waals surface area contributed by atoms with Crippen molar-refractivity contribution in [1.29, 1.82) is 0 Å². The van der Waals surface area contributed by atoms with Crippen LogP contribution in [0, 0.1) is 0 Å². The van der Waals surface area contributed by atoms with Gasteiger partial charge in [-0.1, -0.05) is 11.6 Å². The smallest absolute Gasteiger partial charge is 0.242 e. The van der Waals surface area contributed by atoms with Crippen LogP contribution in [0.4, 0.5) is 5.82 Å². The van der Waals surface area contributed by atoms with Gasteiger partial charge in [0.2, 0.25) is 11.8 Å². The monoisotopic (exact) mass is 375 g/mol. The third-order valence-corrected chi connectivity index (χ3v) is 4.86. The number of likely N-dealkylation sites (tertiary alicyclic amines) is 1. The highest BCUT2D eigenvalue weighted by Gasteiger charge is 2.29. The number of ether oxygens (including phenoxy) is 1. The van der Waals surface area contributed by atoms with E-state index < -0.39 is 0 Å². The average Bonchev–Trinajstić information content (AvgIpc) is 2.69. The highest BCUT2D eigenvalue weighted by Crippen LogP contribution is 2.27. The van der Waals surface area contributed by atoms with Crippen molar-refractivity contribution in [3.05, 3.63) is 41.4 Å². The SMILES string of the molecule is COc1cnc(C2CCCN(C(C)C(=O)Nc3ccc(Cl)cn3)C2)cn1. The molecule has 0 spiro atoms. The van der Waals surface area contributed by atoms with Gasteiger partial charge in [-0.3, -0.25) is 14.7 Å². The van der Waals surface area contributed by atoms with Crippen molar-refractivity contribution in [2.45, 2.75) is 31.7 Å². The Morgan fingerprint density at radius 3 is 2.81 bits per heavy atom. The molecule has 138 valence electrons. The number of amides is 1. The summed E-state index contributed by atoms with van der Waals surface area (Å²) < 4.78 is 5.06. The Balaban J connectivity index is 1.62. The third-order valence-electron chi connectivity index (χ3n) is 4.63. The predicted molar refractivity (Wildman–Crippen MR) is 99.5 cm³/mol. The van der Waals surface area contributed by atoms with Crippen molar-refractivity contribution in [1.82, 2.24) is 19.9 Å². The summed E-state index contributed by atoms with van der Waals surface area (Å²) >= 11 is 5.82. The Labute approximate surface area is 157 Å². The molecule has 2 aromatic rings. The Kier molecular flexibility index (Phi) is 6.00. The molecule has 8 heteroatoms. The highest BCUT2D eigenvalue weighted by atomic mass is 35.5. The van der Waals surface area contributed by atoms with Gasteiger partial charge in [0.25, 0.3) is 0 Å². The molecule has 0 saturated carbocycles. The van der Waals surface area contributed by atoms with E-state index >= 15 is 0 Å². The largest absolute Gasteiger partial charge is 0.480 e. The van der Waals surface area contributed by atoms with Crippen molar-refractivity contribution in [2.75, 3.05) is 25.5 Å². The second kappa shape index (κ2) is 8.42. The number of hydrogen-bond donors (Lipinski definition) is 1. The standard InChI is InChI=1S/C18H22ClN5O2/c1-12(18(25)23-16-6-5-14(19)8-21-16)24-7-3-4-13(11-24)15-9-22-17(26-2)10-20-15/h5-6,8-10,12-13H,3-4,7,11H2,1-2H3,(H,21,23,25). The van der Waals surface area contributed by atoms with Gasteiger partial charge < -0.3 is 10.1 Å². The lowest BCUT2D eigenvalue weighted by Crippen LogP contribution is -2.46. The maximum absolute atomic E-state index is 12.6. The van der Waals surface area contributed by atoms with Crippen molar-refractivity contribution in [3.8, 4) is 5.88 Å². The highest BCUT2D eigenvalue weighted by molar-refractivity contribution is 6.30. The summed E-state index contributed by atoms with van der Waals surface area (Å²) in [6, 6.07) is 3.13. The number of carbonyl (C=O) groups is 1. The molecule has 1 amide bonds. The van der Waals surface area contributed by atoms with E-state index in [0.29, 0.717) is 16.7 Å². The summed E-state index contributed by atoms with van der Waals surface area (Å²) in [6.45, 7) is 3.56. The van der Waals surface area contributed by atoms with E-state index in [9.17, 15) is 4.79 Å². The molecule has 2 unspecified atom stereocenters. The van der Waals surface area contributed by atoms with Gasteiger partial charge in [0, 0.05) is 18.7 Å². The lowest BCUT2D eigenvalue weighted by atomic mass is 9.94. The number of nitrogens with one attached hydrogen (secondary N) is 1. The van der Waals surface area contributed by atoms with Gasteiger partial charge in [-0.2, -0.15) is 0 Å². The molecular weight excluding hydrogens is 354 g/mol. The van der Waals surface area contributed by atoms with E-state index in [1.54, 1.807) is 31.6 Å². The molecule has 0 aliphatic carbocycles. The minimum Gasteiger partial charge on any atom is -0.480 e. The first kappa shape index (κ1) is 18.5. The maximum Gasteiger partial charge on any atom is 0.242 e. The fraction of sp³-hybridized carbons (Fsp3) is 0.444. The normalized spacial score (nSPS) is 19.0.